The van der Waals surface area contributed by atoms with E-state index in [4.69, 9.17) is 10.2 Å². The summed E-state index contributed by atoms with van der Waals surface area (Å²) in [6.45, 7) is 4.45. The number of aryl methyl sites for hydroxylation is 1. The Hall–Kier alpha value is -0.900. The predicted octanol–water partition coefficient (Wildman–Crippen LogP) is 1.43. The van der Waals surface area contributed by atoms with Crippen molar-refractivity contribution in [3.63, 3.8) is 0 Å². The molecule has 0 aliphatic carbocycles. The maximum Gasteiger partial charge on any atom is 0.0558 e. The van der Waals surface area contributed by atoms with Crippen LogP contribution in [0.15, 0.2) is 24.3 Å². The van der Waals surface area contributed by atoms with E-state index in [2.05, 4.69) is 36.1 Å². The Labute approximate surface area is 104 Å². The third-order valence-electron chi connectivity index (χ3n) is 2.80. The van der Waals surface area contributed by atoms with Crippen LogP contribution in [0.3, 0.4) is 0 Å². The summed E-state index contributed by atoms with van der Waals surface area (Å²) in [5, 5.41) is 17.9. The van der Waals surface area contributed by atoms with E-state index < -0.39 is 0 Å². The average molecular weight is 237 g/mol. The van der Waals surface area contributed by atoms with E-state index in [1.54, 1.807) is 0 Å². The highest BCUT2D eigenvalue weighted by molar-refractivity contribution is 5.22. The molecule has 3 heteroatoms. The number of rotatable bonds is 8. The van der Waals surface area contributed by atoms with Gasteiger partial charge in [0.1, 0.15) is 0 Å². The van der Waals surface area contributed by atoms with E-state index in [0.29, 0.717) is 13.1 Å². The molecule has 1 aromatic rings. The van der Waals surface area contributed by atoms with Crippen LogP contribution in [0.5, 0.6) is 0 Å². The molecule has 0 amide bonds. The zero-order valence-electron chi connectivity index (χ0n) is 10.6. The minimum absolute atomic E-state index is 0.133. The maximum atomic E-state index is 8.93. The number of hydrogen-bond donors (Lipinski definition) is 2. The van der Waals surface area contributed by atoms with Crippen LogP contribution in [-0.2, 0) is 13.0 Å². The molecule has 0 saturated heterocycles. The lowest BCUT2D eigenvalue weighted by Crippen LogP contribution is -2.29. The van der Waals surface area contributed by atoms with Crippen molar-refractivity contribution in [3.05, 3.63) is 35.4 Å². The largest absolute Gasteiger partial charge is 0.395 e. The fraction of sp³-hybridized carbons (Fsp3) is 0.571. The van der Waals surface area contributed by atoms with Crippen molar-refractivity contribution in [2.24, 2.45) is 0 Å². The van der Waals surface area contributed by atoms with Gasteiger partial charge in [0.05, 0.1) is 13.2 Å². The van der Waals surface area contributed by atoms with Crippen LogP contribution in [0.1, 0.15) is 24.5 Å². The van der Waals surface area contributed by atoms with E-state index in [9.17, 15) is 0 Å². The summed E-state index contributed by atoms with van der Waals surface area (Å²) in [4.78, 5) is 2.05. The van der Waals surface area contributed by atoms with Gasteiger partial charge in [-0.1, -0.05) is 37.6 Å². The van der Waals surface area contributed by atoms with Crippen molar-refractivity contribution < 1.29 is 10.2 Å². The first-order chi connectivity index (χ1) is 8.30. The number of aliphatic hydroxyl groups excluding tert-OH is 2. The predicted molar refractivity (Wildman–Crippen MR) is 69.9 cm³/mol. The summed E-state index contributed by atoms with van der Waals surface area (Å²) in [5.74, 6) is 0. The quantitative estimate of drug-likeness (QED) is 0.719. The molecule has 96 valence electrons. The van der Waals surface area contributed by atoms with Crippen molar-refractivity contribution in [1.82, 2.24) is 4.90 Å². The molecule has 0 unspecified atom stereocenters. The number of hydrogen-bond acceptors (Lipinski definition) is 3. The van der Waals surface area contributed by atoms with Gasteiger partial charge in [0.25, 0.3) is 0 Å². The Kier molecular flexibility index (Phi) is 6.86. The third-order valence-corrected chi connectivity index (χ3v) is 2.80. The van der Waals surface area contributed by atoms with Crippen LogP contribution in [0.25, 0.3) is 0 Å². The van der Waals surface area contributed by atoms with Crippen molar-refractivity contribution in [2.45, 2.75) is 26.3 Å². The molecule has 0 heterocycles. The summed E-state index contributed by atoms with van der Waals surface area (Å²) in [7, 11) is 0. The molecule has 0 radical (unpaired) electrons. The molecular weight excluding hydrogens is 214 g/mol. The Morgan fingerprint density at radius 2 is 1.47 bits per heavy atom. The van der Waals surface area contributed by atoms with Gasteiger partial charge in [-0.25, -0.2) is 0 Å². The molecule has 0 saturated carbocycles. The smallest absolute Gasteiger partial charge is 0.0558 e. The van der Waals surface area contributed by atoms with Crippen LogP contribution in [0.4, 0.5) is 0 Å². The summed E-state index contributed by atoms with van der Waals surface area (Å²) in [6.07, 6.45) is 2.29. The minimum Gasteiger partial charge on any atom is -0.395 e. The van der Waals surface area contributed by atoms with Gasteiger partial charge >= 0.3 is 0 Å². The fourth-order valence-electron chi connectivity index (χ4n) is 1.91. The molecule has 0 aliphatic heterocycles. The van der Waals surface area contributed by atoms with Crippen LogP contribution in [-0.4, -0.2) is 41.4 Å². The molecule has 17 heavy (non-hydrogen) atoms. The van der Waals surface area contributed by atoms with E-state index in [1.807, 2.05) is 0 Å². The Morgan fingerprint density at radius 1 is 0.941 bits per heavy atom. The molecule has 1 rings (SSSR count). The first-order valence-corrected chi connectivity index (χ1v) is 6.32. The van der Waals surface area contributed by atoms with Gasteiger partial charge < -0.3 is 10.2 Å². The molecule has 2 N–H and O–H groups in total. The zero-order valence-corrected chi connectivity index (χ0v) is 10.6. The van der Waals surface area contributed by atoms with Crippen LogP contribution in [0, 0.1) is 0 Å². The van der Waals surface area contributed by atoms with Crippen LogP contribution < -0.4 is 0 Å². The average Bonchev–Trinajstić information content (AvgIpc) is 2.33. The standard InChI is InChI=1S/C14H23NO2/c1-2-3-13-4-6-14(7-5-13)12-15(8-10-16)9-11-17/h4-7,16-17H,2-3,8-12H2,1H3. The van der Waals surface area contributed by atoms with Gasteiger partial charge in [0.2, 0.25) is 0 Å². The lowest BCUT2D eigenvalue weighted by atomic mass is 10.1. The fourth-order valence-corrected chi connectivity index (χ4v) is 1.91. The number of benzene rings is 1. The SMILES string of the molecule is CCCc1ccc(CN(CCO)CCO)cc1. The molecule has 0 fully saturated rings. The normalized spacial score (nSPS) is 11.1. The van der Waals surface area contributed by atoms with E-state index >= 15 is 0 Å². The molecular formula is C14H23NO2. The van der Waals surface area contributed by atoms with E-state index in [1.165, 1.54) is 17.5 Å². The van der Waals surface area contributed by atoms with Gasteiger partial charge in [0.15, 0.2) is 0 Å². The molecule has 0 aliphatic rings. The zero-order chi connectivity index (χ0) is 12.5. The molecule has 3 nitrogen and oxygen atoms in total. The number of aliphatic hydroxyl groups is 2. The summed E-state index contributed by atoms with van der Waals surface area (Å²) >= 11 is 0. The Bertz CT molecular complexity index is 292. The third kappa shape index (κ3) is 5.31. The lowest BCUT2D eigenvalue weighted by Gasteiger charge is -2.20. The molecule has 0 atom stereocenters. The second-order valence-electron chi connectivity index (χ2n) is 4.29. The van der Waals surface area contributed by atoms with Crippen molar-refractivity contribution in [1.29, 1.82) is 0 Å². The lowest BCUT2D eigenvalue weighted by molar-refractivity contribution is 0.156. The highest BCUT2D eigenvalue weighted by atomic mass is 16.3. The Morgan fingerprint density at radius 3 is 1.94 bits per heavy atom. The minimum atomic E-state index is 0.133. The van der Waals surface area contributed by atoms with Gasteiger partial charge in [-0.15, -0.1) is 0 Å². The van der Waals surface area contributed by atoms with Crippen LogP contribution >= 0.6 is 0 Å². The first-order valence-electron chi connectivity index (χ1n) is 6.32. The van der Waals surface area contributed by atoms with Gasteiger partial charge in [-0.2, -0.15) is 0 Å². The molecule has 0 spiro atoms. The van der Waals surface area contributed by atoms with Crippen molar-refractivity contribution in [3.8, 4) is 0 Å². The van der Waals surface area contributed by atoms with Gasteiger partial charge in [0, 0.05) is 19.6 Å². The summed E-state index contributed by atoms with van der Waals surface area (Å²) in [6, 6.07) is 8.59. The van der Waals surface area contributed by atoms with Gasteiger partial charge in [-0.05, 0) is 17.5 Å². The van der Waals surface area contributed by atoms with E-state index in [0.717, 1.165) is 13.0 Å². The second-order valence-corrected chi connectivity index (χ2v) is 4.29. The summed E-state index contributed by atoms with van der Waals surface area (Å²) < 4.78 is 0. The monoisotopic (exact) mass is 237 g/mol. The first kappa shape index (κ1) is 14.2. The topological polar surface area (TPSA) is 43.7 Å². The highest BCUT2D eigenvalue weighted by Gasteiger charge is 2.04. The molecule has 0 aromatic heterocycles. The highest BCUT2D eigenvalue weighted by Crippen LogP contribution is 2.09. The molecule has 1 aromatic carbocycles. The molecule has 0 bridgehead atoms. The van der Waals surface area contributed by atoms with Crippen LogP contribution in [0.2, 0.25) is 0 Å². The van der Waals surface area contributed by atoms with Crippen molar-refractivity contribution >= 4 is 0 Å². The summed E-state index contributed by atoms with van der Waals surface area (Å²) in [5.41, 5.74) is 2.60. The second kappa shape index (κ2) is 8.23. The maximum absolute atomic E-state index is 8.93. The number of nitrogens with zero attached hydrogens (tertiary/aromatic N) is 1. The van der Waals surface area contributed by atoms with Crippen molar-refractivity contribution in [2.75, 3.05) is 26.3 Å². The Balaban J connectivity index is 2.53. The van der Waals surface area contributed by atoms with E-state index in [-0.39, 0.29) is 13.2 Å². The van der Waals surface area contributed by atoms with Gasteiger partial charge in [-0.3, -0.25) is 4.90 Å².